The molecule has 1 amide bonds. The van der Waals surface area contributed by atoms with Crippen LogP contribution in [0.2, 0.25) is 0 Å². The predicted octanol–water partition coefficient (Wildman–Crippen LogP) is 3.06. The molecule has 1 aliphatic heterocycles. The number of fused-ring (bicyclic) bond motifs is 1. The van der Waals surface area contributed by atoms with E-state index in [0.29, 0.717) is 12.1 Å². The molecule has 25 heavy (non-hydrogen) atoms. The minimum Gasteiger partial charge on any atom is -0.469 e. The Bertz CT molecular complexity index is 784. The number of amides is 1. The number of methoxy groups -OCH3 is 1. The highest BCUT2D eigenvalue weighted by atomic mass is 16.5. The number of esters is 1. The molecule has 0 aliphatic carbocycles. The average molecular weight is 338 g/mol. The summed E-state index contributed by atoms with van der Waals surface area (Å²) >= 11 is 0. The second-order valence-corrected chi connectivity index (χ2v) is 6.39. The topological polar surface area (TPSA) is 49.9 Å². The minimum absolute atomic E-state index is 0.0337. The molecule has 0 spiro atoms. The lowest BCUT2D eigenvalue weighted by atomic mass is 9.98. The van der Waals surface area contributed by atoms with Crippen molar-refractivity contribution in [3.05, 3.63) is 59.7 Å². The van der Waals surface area contributed by atoms with Crippen LogP contribution in [0.5, 0.6) is 0 Å². The van der Waals surface area contributed by atoms with Crippen LogP contribution in [0.25, 0.3) is 0 Å². The van der Waals surface area contributed by atoms with Gasteiger partial charge in [0.15, 0.2) is 0 Å². The fraction of sp³-hybridized carbons (Fsp3) is 0.300. The van der Waals surface area contributed by atoms with Crippen LogP contribution in [0.3, 0.4) is 0 Å². The van der Waals surface area contributed by atoms with Gasteiger partial charge in [0.2, 0.25) is 0 Å². The molecule has 0 bridgehead atoms. The number of anilines is 2. The van der Waals surface area contributed by atoms with Crippen LogP contribution in [0.1, 0.15) is 28.3 Å². The monoisotopic (exact) mass is 338 g/mol. The molecule has 1 unspecified atom stereocenters. The van der Waals surface area contributed by atoms with Gasteiger partial charge in [-0.3, -0.25) is 9.59 Å². The lowest BCUT2D eigenvalue weighted by Crippen LogP contribution is -2.30. The molecular weight excluding hydrogens is 316 g/mol. The maximum atomic E-state index is 13.0. The Morgan fingerprint density at radius 1 is 1.12 bits per heavy atom. The number of rotatable bonds is 4. The quantitative estimate of drug-likeness (QED) is 0.804. The minimum atomic E-state index is -0.260. The molecule has 1 heterocycles. The molecule has 2 aromatic rings. The zero-order valence-corrected chi connectivity index (χ0v) is 14.7. The van der Waals surface area contributed by atoms with Crippen LogP contribution in [0, 0.1) is 0 Å². The summed E-state index contributed by atoms with van der Waals surface area (Å²) in [4.78, 5) is 28.4. The van der Waals surface area contributed by atoms with Gasteiger partial charge in [-0.25, -0.2) is 0 Å². The first-order valence-electron chi connectivity index (χ1n) is 8.26. The molecule has 0 radical (unpaired) electrons. The number of nitrogens with zero attached hydrogens (tertiary/aromatic N) is 2. The number of carbonyl (C=O) groups excluding carboxylic acids is 2. The van der Waals surface area contributed by atoms with Crippen LogP contribution in [0.4, 0.5) is 11.4 Å². The number of hydrogen-bond donors (Lipinski definition) is 0. The van der Waals surface area contributed by atoms with Gasteiger partial charge in [0.25, 0.3) is 5.91 Å². The Balaban J connectivity index is 1.87. The van der Waals surface area contributed by atoms with Crippen molar-refractivity contribution in [1.82, 2.24) is 0 Å². The summed E-state index contributed by atoms with van der Waals surface area (Å²) < 4.78 is 4.80. The predicted molar refractivity (Wildman–Crippen MR) is 98.3 cm³/mol. The summed E-state index contributed by atoms with van der Waals surface area (Å²) in [6, 6.07) is 15.3. The van der Waals surface area contributed by atoms with Crippen molar-refractivity contribution in [2.24, 2.45) is 0 Å². The molecule has 5 nitrogen and oxygen atoms in total. The SMILES string of the molecule is COC(=O)CC1CN(C(=O)c2ccc(N(C)C)cc2)c2ccccc21. The highest BCUT2D eigenvalue weighted by Crippen LogP contribution is 2.38. The van der Waals surface area contributed by atoms with Gasteiger partial charge >= 0.3 is 5.97 Å². The maximum Gasteiger partial charge on any atom is 0.306 e. The second-order valence-electron chi connectivity index (χ2n) is 6.39. The van der Waals surface area contributed by atoms with Gasteiger partial charge in [0.05, 0.1) is 13.5 Å². The fourth-order valence-corrected chi connectivity index (χ4v) is 3.20. The molecule has 5 heteroatoms. The summed E-state index contributed by atoms with van der Waals surface area (Å²) in [5.74, 6) is -0.344. The fourth-order valence-electron chi connectivity index (χ4n) is 3.20. The van der Waals surface area contributed by atoms with E-state index in [9.17, 15) is 9.59 Å². The molecule has 0 fully saturated rings. The van der Waals surface area contributed by atoms with E-state index < -0.39 is 0 Å². The Labute approximate surface area is 147 Å². The van der Waals surface area contributed by atoms with E-state index >= 15 is 0 Å². The van der Waals surface area contributed by atoms with Gasteiger partial charge in [0, 0.05) is 43.5 Å². The third-order valence-electron chi connectivity index (χ3n) is 4.59. The van der Waals surface area contributed by atoms with Gasteiger partial charge in [0.1, 0.15) is 0 Å². The summed E-state index contributed by atoms with van der Waals surface area (Å²) in [7, 11) is 5.31. The van der Waals surface area contributed by atoms with E-state index in [0.717, 1.165) is 16.9 Å². The van der Waals surface area contributed by atoms with E-state index in [4.69, 9.17) is 4.74 Å². The van der Waals surface area contributed by atoms with Gasteiger partial charge in [-0.15, -0.1) is 0 Å². The largest absolute Gasteiger partial charge is 0.469 e. The first-order chi connectivity index (χ1) is 12.0. The zero-order chi connectivity index (χ0) is 18.0. The normalized spacial score (nSPS) is 15.6. The van der Waals surface area contributed by atoms with Gasteiger partial charge in [-0.2, -0.15) is 0 Å². The molecular formula is C20H22N2O3. The zero-order valence-electron chi connectivity index (χ0n) is 14.7. The standard InChI is InChI=1S/C20H22N2O3/c1-21(2)16-10-8-14(9-11-16)20(24)22-13-15(12-19(23)25-3)17-6-4-5-7-18(17)22/h4-11,15H,12-13H2,1-3H3. The van der Waals surface area contributed by atoms with E-state index in [1.165, 1.54) is 7.11 Å². The average Bonchev–Trinajstić information content (AvgIpc) is 2.99. The summed E-state index contributed by atoms with van der Waals surface area (Å²) in [6.45, 7) is 0.489. The maximum absolute atomic E-state index is 13.0. The Kier molecular flexibility index (Phi) is 4.74. The Morgan fingerprint density at radius 2 is 1.80 bits per heavy atom. The van der Waals surface area contributed by atoms with Crippen LogP contribution < -0.4 is 9.80 Å². The van der Waals surface area contributed by atoms with Crippen LogP contribution in [-0.4, -0.2) is 39.6 Å². The van der Waals surface area contributed by atoms with Gasteiger partial charge in [-0.1, -0.05) is 18.2 Å². The van der Waals surface area contributed by atoms with Crippen molar-refractivity contribution in [3.63, 3.8) is 0 Å². The molecule has 1 atom stereocenters. The first-order valence-corrected chi connectivity index (χ1v) is 8.26. The first kappa shape index (κ1) is 17.0. The Morgan fingerprint density at radius 3 is 2.44 bits per heavy atom. The summed E-state index contributed by atoms with van der Waals surface area (Å²) in [5.41, 5.74) is 3.57. The van der Waals surface area contributed by atoms with E-state index in [2.05, 4.69) is 0 Å². The molecule has 0 saturated heterocycles. The van der Waals surface area contributed by atoms with Crippen LogP contribution in [0.15, 0.2) is 48.5 Å². The smallest absolute Gasteiger partial charge is 0.306 e. The number of ether oxygens (including phenoxy) is 1. The lowest BCUT2D eigenvalue weighted by Gasteiger charge is -2.19. The third kappa shape index (κ3) is 3.36. The van der Waals surface area contributed by atoms with Crippen molar-refractivity contribution in [1.29, 1.82) is 0 Å². The summed E-state index contributed by atoms with van der Waals surface area (Å²) in [6.07, 6.45) is 0.275. The van der Waals surface area contributed by atoms with Crippen molar-refractivity contribution in [3.8, 4) is 0 Å². The molecule has 2 aromatic carbocycles. The lowest BCUT2D eigenvalue weighted by molar-refractivity contribution is -0.141. The highest BCUT2D eigenvalue weighted by Gasteiger charge is 2.33. The molecule has 0 aromatic heterocycles. The van der Waals surface area contributed by atoms with E-state index in [1.807, 2.05) is 67.5 Å². The van der Waals surface area contributed by atoms with Crippen molar-refractivity contribution in [2.45, 2.75) is 12.3 Å². The highest BCUT2D eigenvalue weighted by molar-refractivity contribution is 6.07. The molecule has 130 valence electrons. The number of hydrogen-bond acceptors (Lipinski definition) is 4. The molecule has 0 N–H and O–H groups in total. The number of carbonyl (C=O) groups is 2. The van der Waals surface area contributed by atoms with Crippen molar-refractivity contribution in [2.75, 3.05) is 37.5 Å². The van der Waals surface area contributed by atoms with Gasteiger partial charge < -0.3 is 14.5 Å². The van der Waals surface area contributed by atoms with Crippen molar-refractivity contribution < 1.29 is 14.3 Å². The molecule has 1 aliphatic rings. The number of para-hydroxylation sites is 1. The van der Waals surface area contributed by atoms with Crippen LogP contribution >= 0.6 is 0 Å². The summed E-state index contributed by atoms with van der Waals surface area (Å²) in [5, 5.41) is 0. The third-order valence-corrected chi connectivity index (χ3v) is 4.59. The Hall–Kier alpha value is -2.82. The van der Waals surface area contributed by atoms with E-state index in [1.54, 1.807) is 4.90 Å². The van der Waals surface area contributed by atoms with Crippen LogP contribution in [-0.2, 0) is 9.53 Å². The number of benzene rings is 2. The van der Waals surface area contributed by atoms with Gasteiger partial charge in [-0.05, 0) is 35.9 Å². The molecule has 3 rings (SSSR count). The molecule has 0 saturated carbocycles. The van der Waals surface area contributed by atoms with E-state index in [-0.39, 0.29) is 24.2 Å². The van der Waals surface area contributed by atoms with Crippen molar-refractivity contribution >= 4 is 23.3 Å². The second kappa shape index (κ2) is 6.97.